The molecule has 3 aliphatic heterocycles. The second-order valence-electron chi connectivity index (χ2n) is 21.3. The summed E-state index contributed by atoms with van der Waals surface area (Å²) >= 11 is 0. The SMILES string of the molecule is CC(C)Cc1cc(-n2c3[n+]4c5c(cccc52)-c2cc(C(C)(C)C)cc5c2C4(Oc2c-3cc(C(C)C)cc2C(C)C)[n+]2ccc(-c3ccc(-c4ccccc4)cc3)cc2-5)ccc1-c1ccccc1. The van der Waals surface area contributed by atoms with Crippen LogP contribution in [0.2, 0.25) is 0 Å². The van der Waals surface area contributed by atoms with Gasteiger partial charge in [-0.2, -0.15) is 4.57 Å². The summed E-state index contributed by atoms with van der Waals surface area (Å²) in [5.41, 5.74) is 23.2. The van der Waals surface area contributed by atoms with Gasteiger partial charge >= 0.3 is 11.7 Å². The van der Waals surface area contributed by atoms with Gasteiger partial charge in [-0.05, 0) is 134 Å². The summed E-state index contributed by atoms with van der Waals surface area (Å²) in [7, 11) is 0. The molecular formula is C63H59N3O+2. The van der Waals surface area contributed by atoms with Crippen LogP contribution >= 0.6 is 0 Å². The first kappa shape index (κ1) is 41.4. The van der Waals surface area contributed by atoms with Gasteiger partial charge in [0.25, 0.3) is 0 Å². The molecule has 3 aliphatic rings. The van der Waals surface area contributed by atoms with E-state index in [0.717, 1.165) is 34.9 Å². The summed E-state index contributed by atoms with van der Waals surface area (Å²) in [5.74, 6) is 2.12. The van der Waals surface area contributed by atoms with Gasteiger partial charge in [-0.15, -0.1) is 9.13 Å². The summed E-state index contributed by atoms with van der Waals surface area (Å²) in [5, 5.41) is 0. The molecule has 1 atom stereocenters. The van der Waals surface area contributed by atoms with E-state index in [2.05, 4.69) is 240 Å². The van der Waals surface area contributed by atoms with Gasteiger partial charge in [-0.25, -0.2) is 0 Å². The molecule has 4 heteroatoms. The predicted molar refractivity (Wildman–Crippen MR) is 275 cm³/mol. The standard InChI is InChI=1S/C63H59N3O/c1-38(2)31-47-32-49(27-28-50(47)44-19-14-11-15-20-44)65-56-22-16-21-51-53-36-48(62(7,8)9)37-54-57-35-45(43-25-23-42(24-26-43)41-17-12-10-13-18-41)29-30-64(57)63(58(53)54)66(59(51)56)61(65)55-34-46(39(3)4)33-52(40(5)6)60(55)67-63/h10-30,32-40H,31H2,1-9H3/q+2. The lowest BCUT2D eigenvalue weighted by atomic mass is 9.80. The monoisotopic (exact) mass is 873 g/mol. The fraction of sp³-hybridized carbons (Fsp3) is 0.238. The summed E-state index contributed by atoms with van der Waals surface area (Å²) in [6.45, 7) is 20.9. The molecule has 0 saturated carbocycles. The van der Waals surface area contributed by atoms with E-state index in [-0.39, 0.29) is 11.3 Å². The van der Waals surface area contributed by atoms with Crippen molar-refractivity contribution in [1.82, 2.24) is 4.57 Å². The van der Waals surface area contributed by atoms with Gasteiger partial charge in [-0.1, -0.05) is 159 Å². The molecule has 0 aliphatic carbocycles. The van der Waals surface area contributed by atoms with Gasteiger partial charge in [0.05, 0.1) is 5.56 Å². The lowest BCUT2D eigenvalue weighted by molar-refractivity contribution is -0.997. The van der Waals surface area contributed by atoms with Gasteiger partial charge in [0.2, 0.25) is 5.69 Å². The molecule has 4 nitrogen and oxygen atoms in total. The minimum Gasteiger partial charge on any atom is -0.392 e. The number of rotatable bonds is 8. The Balaban J connectivity index is 1.19. The predicted octanol–water partition coefficient (Wildman–Crippen LogP) is 15.2. The van der Waals surface area contributed by atoms with Crippen LogP contribution in [0.1, 0.15) is 102 Å². The number of para-hydroxylation sites is 1. The van der Waals surface area contributed by atoms with Crippen molar-refractivity contribution in [3.05, 3.63) is 192 Å². The Morgan fingerprint density at radius 2 is 1.24 bits per heavy atom. The lowest BCUT2D eigenvalue weighted by Gasteiger charge is -2.34. The fourth-order valence-corrected chi connectivity index (χ4v) is 11.3. The average molecular weight is 874 g/mol. The van der Waals surface area contributed by atoms with Crippen molar-refractivity contribution in [3.8, 4) is 78.6 Å². The van der Waals surface area contributed by atoms with E-state index in [1.54, 1.807) is 0 Å². The number of hydrogen-bond acceptors (Lipinski definition) is 1. The van der Waals surface area contributed by atoms with Gasteiger partial charge in [0, 0.05) is 23.3 Å². The van der Waals surface area contributed by atoms with Crippen molar-refractivity contribution < 1.29 is 13.9 Å². The number of benzene rings is 7. The molecule has 0 saturated heterocycles. The Morgan fingerprint density at radius 1 is 0.567 bits per heavy atom. The molecule has 0 N–H and O–H groups in total. The Labute approximate surface area is 395 Å². The maximum Gasteiger partial charge on any atom is 0.499 e. The number of ether oxygens (including phenoxy) is 1. The third-order valence-electron chi connectivity index (χ3n) is 14.7. The lowest BCUT2D eigenvalue weighted by Crippen LogP contribution is -2.78. The molecule has 1 unspecified atom stereocenters. The third-order valence-corrected chi connectivity index (χ3v) is 14.7. The molecule has 67 heavy (non-hydrogen) atoms. The molecule has 1 spiro atoms. The highest BCUT2D eigenvalue weighted by Crippen LogP contribution is 2.56. The van der Waals surface area contributed by atoms with Crippen LogP contribution in [0.5, 0.6) is 5.75 Å². The zero-order valence-corrected chi connectivity index (χ0v) is 40.3. The quantitative estimate of drug-likeness (QED) is 0.139. The topological polar surface area (TPSA) is 21.9 Å². The number of pyridine rings is 1. The largest absolute Gasteiger partial charge is 0.499 e. The molecule has 9 aromatic rings. The first-order valence-corrected chi connectivity index (χ1v) is 24.4. The molecule has 330 valence electrons. The van der Waals surface area contributed by atoms with Crippen LogP contribution in [-0.4, -0.2) is 4.57 Å². The normalized spacial score (nSPS) is 15.3. The average Bonchev–Trinajstić information content (AvgIpc) is 3.82. The van der Waals surface area contributed by atoms with E-state index in [1.165, 1.54) is 88.9 Å². The number of imidazole rings is 1. The van der Waals surface area contributed by atoms with Gasteiger partial charge in [0.15, 0.2) is 23.0 Å². The number of nitrogens with zero attached hydrogens (tertiary/aromatic N) is 3. The second-order valence-corrected chi connectivity index (χ2v) is 21.3. The van der Waals surface area contributed by atoms with E-state index in [4.69, 9.17) is 4.74 Å². The van der Waals surface area contributed by atoms with E-state index in [0.29, 0.717) is 11.8 Å². The van der Waals surface area contributed by atoms with Gasteiger partial charge in [0.1, 0.15) is 16.8 Å². The smallest absolute Gasteiger partial charge is 0.392 e. The van der Waals surface area contributed by atoms with Crippen LogP contribution in [0.4, 0.5) is 0 Å². The molecular weight excluding hydrogens is 815 g/mol. The van der Waals surface area contributed by atoms with Crippen LogP contribution in [-0.2, 0) is 17.7 Å². The van der Waals surface area contributed by atoms with Gasteiger partial charge < -0.3 is 4.74 Å². The molecule has 0 radical (unpaired) electrons. The first-order valence-electron chi connectivity index (χ1n) is 24.4. The third kappa shape index (κ3) is 6.18. The second kappa shape index (κ2) is 15.0. The van der Waals surface area contributed by atoms with Crippen molar-refractivity contribution in [2.24, 2.45) is 5.92 Å². The first-order chi connectivity index (χ1) is 32.3. The summed E-state index contributed by atoms with van der Waals surface area (Å²) < 4.78 is 15.7. The summed E-state index contributed by atoms with van der Waals surface area (Å²) in [6.07, 6.45) is 3.28. The van der Waals surface area contributed by atoms with E-state index >= 15 is 0 Å². The van der Waals surface area contributed by atoms with Crippen molar-refractivity contribution in [2.75, 3.05) is 0 Å². The molecule has 2 aromatic heterocycles. The molecule has 7 aromatic carbocycles. The van der Waals surface area contributed by atoms with Crippen LogP contribution in [0.25, 0.3) is 83.9 Å². The van der Waals surface area contributed by atoms with E-state index in [1.807, 2.05) is 0 Å². The molecule has 0 amide bonds. The highest BCUT2D eigenvalue weighted by molar-refractivity contribution is 5.98. The Hall–Kier alpha value is -7.04. The Kier molecular flexibility index (Phi) is 9.26. The molecule has 12 rings (SSSR count). The zero-order valence-electron chi connectivity index (χ0n) is 40.3. The Morgan fingerprint density at radius 3 is 1.91 bits per heavy atom. The van der Waals surface area contributed by atoms with Crippen molar-refractivity contribution in [1.29, 1.82) is 0 Å². The fourth-order valence-electron chi connectivity index (χ4n) is 11.3. The number of fused-ring (bicyclic) bond motifs is 5. The molecule has 0 fully saturated rings. The van der Waals surface area contributed by atoms with Crippen molar-refractivity contribution >= 4 is 11.0 Å². The van der Waals surface area contributed by atoms with Crippen molar-refractivity contribution in [2.45, 2.75) is 91.8 Å². The summed E-state index contributed by atoms with van der Waals surface area (Å²) in [4.78, 5) is 0. The molecule has 0 bridgehead atoms. The maximum absolute atomic E-state index is 8.08. The molecule has 5 heterocycles. The van der Waals surface area contributed by atoms with Crippen LogP contribution < -0.4 is 13.9 Å². The van der Waals surface area contributed by atoms with Crippen molar-refractivity contribution in [3.63, 3.8) is 0 Å². The minimum absolute atomic E-state index is 0.0964. The maximum atomic E-state index is 8.08. The minimum atomic E-state index is -1.04. The highest BCUT2D eigenvalue weighted by atomic mass is 16.5. The Bertz CT molecular complexity index is 3460. The number of aromatic nitrogens is 3. The van der Waals surface area contributed by atoms with Gasteiger partial charge in [-0.3, -0.25) is 0 Å². The number of hydrogen-bond donors (Lipinski definition) is 0. The van der Waals surface area contributed by atoms with Crippen LogP contribution in [0.15, 0.2) is 164 Å². The van der Waals surface area contributed by atoms with E-state index in [9.17, 15) is 0 Å². The summed E-state index contributed by atoms with van der Waals surface area (Å²) in [6, 6.07) is 59.3. The zero-order chi connectivity index (χ0) is 46.1. The van der Waals surface area contributed by atoms with Crippen LogP contribution in [0, 0.1) is 5.92 Å². The highest BCUT2D eigenvalue weighted by Gasteiger charge is 2.69. The van der Waals surface area contributed by atoms with Crippen LogP contribution in [0.3, 0.4) is 0 Å². The van der Waals surface area contributed by atoms with E-state index < -0.39 is 5.85 Å².